The van der Waals surface area contributed by atoms with Crippen LogP contribution in [0.1, 0.15) is 63.0 Å². The number of benzene rings is 1. The van der Waals surface area contributed by atoms with Gasteiger partial charge in [0.2, 0.25) is 0 Å². The smallest absolute Gasteiger partial charge is 0.236 e. The minimum atomic E-state index is -7.93. The average Bonchev–Trinajstić information content (AvgIpc) is 2.87. The third kappa shape index (κ3) is 6.32. The van der Waals surface area contributed by atoms with Crippen LogP contribution in [0.5, 0.6) is 0 Å². The molecule has 1 aromatic heterocycles. The van der Waals surface area contributed by atoms with Crippen molar-refractivity contribution in [1.29, 1.82) is 0 Å². The second-order valence-electron chi connectivity index (χ2n) is 9.23. The van der Waals surface area contributed by atoms with E-state index in [4.69, 9.17) is 0 Å². The zero-order valence-corrected chi connectivity index (χ0v) is 20.9. The van der Waals surface area contributed by atoms with Crippen LogP contribution in [0, 0.1) is 0 Å². The molecule has 15 heteroatoms. The number of hydrogen-bond donors (Lipinski definition) is 0. The highest BCUT2D eigenvalue weighted by atomic mass is 19.4. The Balaban J connectivity index is 2.19. The van der Waals surface area contributed by atoms with E-state index in [0.717, 1.165) is 44.1 Å². The SMILES string of the molecule is CCCCCCCCCc1cnc(-c2ccc(C(F)(F)C(F)(F)C(F)(F)C(F)(F)C(F)(F)C(F)(F)F)cc2)nc1. The van der Waals surface area contributed by atoms with Crippen LogP contribution in [0.3, 0.4) is 0 Å². The van der Waals surface area contributed by atoms with Crippen molar-refractivity contribution in [2.75, 3.05) is 0 Å². The van der Waals surface area contributed by atoms with Crippen LogP contribution in [-0.4, -0.2) is 39.8 Å². The van der Waals surface area contributed by atoms with E-state index in [1.807, 2.05) is 0 Å². The lowest BCUT2D eigenvalue weighted by molar-refractivity contribution is -0.441. The number of nitrogens with zero attached hydrogens (tertiary/aromatic N) is 2. The fraction of sp³-hybridized carbons (Fsp3) is 0.600. The van der Waals surface area contributed by atoms with Gasteiger partial charge in [-0.3, -0.25) is 0 Å². The summed E-state index contributed by atoms with van der Waals surface area (Å²) < 4.78 is 174. The number of aryl methyl sites for hydroxylation is 1. The highest BCUT2D eigenvalue weighted by Gasteiger charge is 2.90. The second kappa shape index (κ2) is 12.1. The van der Waals surface area contributed by atoms with Crippen LogP contribution < -0.4 is 0 Å². The van der Waals surface area contributed by atoms with E-state index in [1.54, 1.807) is 0 Å². The van der Waals surface area contributed by atoms with Gasteiger partial charge in [-0.1, -0.05) is 69.7 Å². The fourth-order valence-corrected chi connectivity index (χ4v) is 3.70. The largest absolute Gasteiger partial charge is 0.460 e. The van der Waals surface area contributed by atoms with E-state index in [-0.39, 0.29) is 23.5 Å². The third-order valence-electron chi connectivity index (χ3n) is 6.21. The molecule has 0 aliphatic heterocycles. The molecule has 0 saturated heterocycles. The Labute approximate surface area is 221 Å². The van der Waals surface area contributed by atoms with Gasteiger partial charge in [-0.2, -0.15) is 57.1 Å². The maximum atomic E-state index is 14.3. The lowest BCUT2D eigenvalue weighted by Crippen LogP contribution is -2.69. The topological polar surface area (TPSA) is 25.8 Å². The summed E-state index contributed by atoms with van der Waals surface area (Å²) in [6.45, 7) is 2.11. The van der Waals surface area contributed by atoms with Crippen LogP contribution in [0.4, 0.5) is 57.1 Å². The molecular weight excluding hydrogens is 575 g/mol. The van der Waals surface area contributed by atoms with Crippen molar-refractivity contribution in [1.82, 2.24) is 9.97 Å². The van der Waals surface area contributed by atoms with E-state index < -0.39 is 41.4 Å². The minimum Gasteiger partial charge on any atom is -0.236 e. The number of alkyl halides is 13. The number of aromatic nitrogens is 2. The molecule has 1 aromatic carbocycles. The van der Waals surface area contributed by atoms with Crippen LogP contribution in [0.25, 0.3) is 11.4 Å². The highest BCUT2D eigenvalue weighted by Crippen LogP contribution is 2.62. The summed E-state index contributed by atoms with van der Waals surface area (Å²) in [6.07, 6.45) is 3.47. The van der Waals surface area contributed by atoms with Crippen LogP contribution >= 0.6 is 0 Å². The molecule has 0 aliphatic rings. The van der Waals surface area contributed by atoms with Crippen LogP contribution in [0.15, 0.2) is 36.7 Å². The molecule has 0 aliphatic carbocycles. The molecule has 2 nitrogen and oxygen atoms in total. The van der Waals surface area contributed by atoms with Gasteiger partial charge in [0.05, 0.1) is 0 Å². The van der Waals surface area contributed by atoms with Crippen molar-refractivity contribution in [2.24, 2.45) is 0 Å². The summed E-state index contributed by atoms with van der Waals surface area (Å²) in [6, 6.07) is 1.47. The predicted octanol–water partition coefficient (Wildman–Crippen LogP) is 9.63. The molecule has 0 atom stereocenters. The third-order valence-corrected chi connectivity index (χ3v) is 6.21. The summed E-state index contributed by atoms with van der Waals surface area (Å²) in [5, 5.41) is 0. The zero-order chi connectivity index (χ0) is 30.6. The molecule has 1 heterocycles. The van der Waals surface area contributed by atoms with Gasteiger partial charge in [0.1, 0.15) is 0 Å². The van der Waals surface area contributed by atoms with E-state index >= 15 is 0 Å². The molecule has 0 N–H and O–H groups in total. The van der Waals surface area contributed by atoms with E-state index in [0.29, 0.717) is 18.6 Å². The molecule has 0 bridgehead atoms. The van der Waals surface area contributed by atoms with Gasteiger partial charge < -0.3 is 0 Å². The van der Waals surface area contributed by atoms with Crippen molar-refractivity contribution >= 4 is 0 Å². The van der Waals surface area contributed by atoms with Crippen molar-refractivity contribution in [3.8, 4) is 11.4 Å². The first kappa shape index (κ1) is 33.6. The summed E-state index contributed by atoms with van der Waals surface area (Å²) in [5.74, 6) is -37.3. The Morgan fingerprint density at radius 2 is 1.00 bits per heavy atom. The number of hydrogen-bond acceptors (Lipinski definition) is 2. The Kier molecular flexibility index (Phi) is 10.2. The molecule has 0 unspecified atom stereocenters. The van der Waals surface area contributed by atoms with Crippen molar-refractivity contribution in [3.05, 3.63) is 47.8 Å². The second-order valence-corrected chi connectivity index (χ2v) is 9.23. The molecule has 0 spiro atoms. The monoisotopic (exact) mass is 600 g/mol. The molecular formula is C25H25F13N2. The van der Waals surface area contributed by atoms with Gasteiger partial charge in [0.15, 0.2) is 5.82 Å². The molecule has 2 aromatic rings. The Morgan fingerprint density at radius 3 is 1.48 bits per heavy atom. The summed E-state index contributed by atoms with van der Waals surface area (Å²) >= 11 is 0. The quantitative estimate of drug-likeness (QED) is 0.159. The summed E-state index contributed by atoms with van der Waals surface area (Å²) in [7, 11) is 0. The maximum absolute atomic E-state index is 14.3. The number of rotatable bonds is 14. The highest BCUT2D eigenvalue weighted by molar-refractivity contribution is 5.55. The van der Waals surface area contributed by atoms with E-state index in [1.165, 1.54) is 18.8 Å². The Morgan fingerprint density at radius 1 is 0.550 bits per heavy atom. The normalized spacial score (nSPS) is 14.1. The van der Waals surface area contributed by atoms with Gasteiger partial charge >= 0.3 is 35.8 Å². The number of unbranched alkanes of at least 4 members (excludes halogenated alkanes) is 6. The van der Waals surface area contributed by atoms with Crippen LogP contribution in [0.2, 0.25) is 0 Å². The van der Waals surface area contributed by atoms with Crippen molar-refractivity contribution in [3.63, 3.8) is 0 Å². The lowest BCUT2D eigenvalue weighted by atomic mass is 9.90. The maximum Gasteiger partial charge on any atom is 0.460 e. The van der Waals surface area contributed by atoms with E-state index in [2.05, 4.69) is 16.9 Å². The van der Waals surface area contributed by atoms with Gasteiger partial charge in [-0.25, -0.2) is 9.97 Å². The van der Waals surface area contributed by atoms with Gasteiger partial charge in [-0.15, -0.1) is 0 Å². The van der Waals surface area contributed by atoms with Gasteiger partial charge in [0.25, 0.3) is 0 Å². The standard InChI is InChI=1S/C25H25F13N2/c1-2-3-4-5-6-7-8-9-16-14-39-19(40-15-16)17-10-12-18(13-11-17)20(26,27)21(28,29)22(30,31)23(32,33)24(34,35)25(36,37)38/h10-15H,2-9H2,1H3. The average molecular weight is 600 g/mol. The van der Waals surface area contributed by atoms with Gasteiger partial charge in [-0.05, 0) is 18.4 Å². The first-order chi connectivity index (χ1) is 18.3. The molecule has 0 amide bonds. The molecule has 2 rings (SSSR count). The van der Waals surface area contributed by atoms with Crippen LogP contribution in [-0.2, 0) is 12.3 Å². The molecule has 0 fully saturated rings. The molecule has 0 saturated carbocycles. The lowest BCUT2D eigenvalue weighted by Gasteiger charge is -2.39. The fourth-order valence-electron chi connectivity index (χ4n) is 3.70. The Bertz CT molecular complexity index is 1080. The first-order valence-electron chi connectivity index (χ1n) is 12.1. The van der Waals surface area contributed by atoms with Crippen molar-refractivity contribution < 1.29 is 57.1 Å². The van der Waals surface area contributed by atoms with Gasteiger partial charge in [0, 0.05) is 23.5 Å². The zero-order valence-electron chi connectivity index (χ0n) is 20.9. The molecule has 226 valence electrons. The first-order valence-corrected chi connectivity index (χ1v) is 12.1. The predicted molar refractivity (Wildman–Crippen MR) is 119 cm³/mol. The summed E-state index contributed by atoms with van der Waals surface area (Å²) in [5.41, 5.74) is -1.41. The molecule has 0 radical (unpaired) electrons. The minimum absolute atomic E-state index is 0.0916. The van der Waals surface area contributed by atoms with Crippen molar-refractivity contribution in [2.45, 2.75) is 94.1 Å². The number of halogens is 13. The van der Waals surface area contributed by atoms with E-state index in [9.17, 15) is 57.1 Å². The molecule has 40 heavy (non-hydrogen) atoms. The summed E-state index contributed by atoms with van der Waals surface area (Å²) in [4.78, 5) is 7.99. The Hall–Kier alpha value is -2.61.